The van der Waals surface area contributed by atoms with Crippen LogP contribution in [0.15, 0.2) is 29.9 Å². The van der Waals surface area contributed by atoms with Crippen LogP contribution in [0, 0.1) is 24.2 Å². The maximum Gasteiger partial charge on any atom is 0.310 e. The average Bonchev–Trinajstić information content (AvgIpc) is 3.14. The van der Waals surface area contributed by atoms with Crippen molar-refractivity contribution >= 4 is 17.6 Å². The predicted octanol–water partition coefficient (Wildman–Crippen LogP) is 6.12. The Morgan fingerprint density at radius 3 is 2.42 bits per heavy atom. The van der Waals surface area contributed by atoms with Crippen LogP contribution in [0.4, 0.5) is 13.2 Å². The second-order valence-corrected chi connectivity index (χ2v) is 8.05. The highest BCUT2D eigenvalue weighted by atomic mass is 35.5. The molecule has 2 rings (SSSR count). The number of ether oxygens (including phenoxy) is 1. The van der Waals surface area contributed by atoms with Crippen LogP contribution in [0.5, 0.6) is 0 Å². The topological polar surface area (TPSA) is 26.3 Å². The summed E-state index contributed by atoms with van der Waals surface area (Å²) in [4.78, 5) is 12.4. The first-order valence-electron chi connectivity index (χ1n) is 8.58. The molecular formula is C20H24ClF3O2. The summed E-state index contributed by atoms with van der Waals surface area (Å²) in [5.41, 5.74) is -0.327. The van der Waals surface area contributed by atoms with Crippen LogP contribution in [0.25, 0.3) is 0 Å². The lowest BCUT2D eigenvalue weighted by atomic mass is 9.95. The molecule has 1 fully saturated rings. The number of rotatable bonds is 6. The highest BCUT2D eigenvalue weighted by Crippen LogP contribution is 2.63. The van der Waals surface area contributed by atoms with E-state index in [1.54, 1.807) is 13.8 Å². The lowest BCUT2D eigenvalue weighted by Crippen LogP contribution is -2.12. The van der Waals surface area contributed by atoms with Crippen LogP contribution in [-0.4, -0.2) is 11.6 Å². The molecule has 0 amide bonds. The Balaban J connectivity index is 2.10. The maximum atomic E-state index is 14.1. The zero-order chi connectivity index (χ0) is 19.8. The normalized spacial score (nSPS) is 23.5. The molecule has 0 saturated heterocycles. The van der Waals surface area contributed by atoms with E-state index < -0.39 is 40.5 Å². The van der Waals surface area contributed by atoms with Gasteiger partial charge in [0, 0.05) is 5.92 Å². The van der Waals surface area contributed by atoms with Crippen LogP contribution in [0.2, 0.25) is 0 Å². The van der Waals surface area contributed by atoms with E-state index in [9.17, 15) is 18.0 Å². The Bertz CT molecular complexity index is 726. The molecule has 0 spiro atoms. The van der Waals surface area contributed by atoms with Crippen molar-refractivity contribution in [2.45, 2.75) is 52.8 Å². The number of halogens is 4. The van der Waals surface area contributed by atoms with E-state index in [2.05, 4.69) is 13.8 Å². The summed E-state index contributed by atoms with van der Waals surface area (Å²) in [6, 6.07) is 5.79. The molecule has 0 N–H and O–H groups in total. The van der Waals surface area contributed by atoms with Gasteiger partial charge in [-0.15, -0.1) is 0 Å². The van der Waals surface area contributed by atoms with Gasteiger partial charge >= 0.3 is 5.97 Å². The van der Waals surface area contributed by atoms with Gasteiger partial charge in [0.2, 0.25) is 5.63 Å². The van der Waals surface area contributed by atoms with Crippen molar-refractivity contribution in [3.63, 3.8) is 0 Å². The Labute approximate surface area is 157 Å². The lowest BCUT2D eigenvalue weighted by molar-refractivity contribution is -0.147. The fraction of sp³-hybridized carbons (Fsp3) is 0.550. The minimum Gasteiger partial charge on any atom is -0.461 e. The molecule has 3 atom stereocenters. The largest absolute Gasteiger partial charge is 0.461 e. The highest BCUT2D eigenvalue weighted by molar-refractivity contribution is 6.21. The maximum absolute atomic E-state index is 14.1. The zero-order valence-electron chi connectivity index (χ0n) is 15.6. The number of hydrogen-bond donors (Lipinski definition) is 0. The molecule has 0 aromatic heterocycles. The minimum atomic E-state index is -2.55. The predicted molar refractivity (Wildman–Crippen MR) is 95.8 cm³/mol. The van der Waals surface area contributed by atoms with Gasteiger partial charge in [0.1, 0.15) is 12.4 Å². The standard InChI is InChI=1S/C20H24ClF3O2/c1-10(2)13-8-6-7-12(11(13)3)9-26-19(25)15-14(20(15,4)5)16(22)17(23)18(21)24/h6-8,10,14-15,18H,9H2,1-5H3/b17-16+. The Morgan fingerprint density at radius 2 is 1.88 bits per heavy atom. The molecule has 0 aliphatic heterocycles. The first-order valence-corrected chi connectivity index (χ1v) is 9.02. The van der Waals surface area contributed by atoms with Gasteiger partial charge in [-0.25, -0.2) is 13.2 Å². The molecule has 0 bridgehead atoms. The molecule has 6 heteroatoms. The van der Waals surface area contributed by atoms with Crippen molar-refractivity contribution in [1.82, 2.24) is 0 Å². The third-order valence-corrected chi connectivity index (χ3v) is 5.45. The van der Waals surface area contributed by atoms with E-state index in [0.717, 1.165) is 16.7 Å². The van der Waals surface area contributed by atoms with Gasteiger partial charge in [0.05, 0.1) is 5.92 Å². The molecular weight excluding hydrogens is 365 g/mol. The van der Waals surface area contributed by atoms with E-state index in [4.69, 9.17) is 16.3 Å². The van der Waals surface area contributed by atoms with E-state index in [1.807, 2.05) is 25.1 Å². The number of hydrogen-bond acceptors (Lipinski definition) is 2. The highest BCUT2D eigenvalue weighted by Gasteiger charge is 2.65. The second kappa shape index (κ2) is 7.63. The third kappa shape index (κ3) is 3.93. The van der Waals surface area contributed by atoms with Crippen LogP contribution in [0.1, 0.15) is 50.3 Å². The molecule has 1 saturated carbocycles. The van der Waals surface area contributed by atoms with Gasteiger partial charge in [0.15, 0.2) is 5.83 Å². The van der Waals surface area contributed by atoms with E-state index in [-0.39, 0.29) is 6.61 Å². The average molecular weight is 389 g/mol. The van der Waals surface area contributed by atoms with E-state index >= 15 is 0 Å². The molecule has 0 radical (unpaired) electrons. The molecule has 144 valence electrons. The van der Waals surface area contributed by atoms with Gasteiger partial charge in [-0.3, -0.25) is 4.79 Å². The summed E-state index contributed by atoms with van der Waals surface area (Å²) in [6.45, 7) is 9.40. The molecule has 2 nitrogen and oxygen atoms in total. The van der Waals surface area contributed by atoms with Crippen molar-refractivity contribution in [2.24, 2.45) is 17.3 Å². The third-order valence-electron chi connectivity index (χ3n) is 5.25. The van der Waals surface area contributed by atoms with E-state index in [0.29, 0.717) is 5.92 Å². The number of allylic oxidation sites excluding steroid dienone is 2. The quantitative estimate of drug-likeness (QED) is 0.433. The minimum absolute atomic E-state index is 0.0551. The summed E-state index contributed by atoms with van der Waals surface area (Å²) in [5.74, 6) is -5.18. The summed E-state index contributed by atoms with van der Waals surface area (Å²) in [7, 11) is 0. The molecule has 1 aromatic rings. The zero-order valence-corrected chi connectivity index (χ0v) is 16.3. The summed E-state index contributed by atoms with van der Waals surface area (Å²) in [6.07, 6.45) is 0. The summed E-state index contributed by atoms with van der Waals surface area (Å²) >= 11 is 4.96. The fourth-order valence-electron chi connectivity index (χ4n) is 3.53. The molecule has 1 aliphatic carbocycles. The van der Waals surface area contributed by atoms with Crippen molar-refractivity contribution in [3.05, 3.63) is 46.5 Å². The number of benzene rings is 1. The van der Waals surface area contributed by atoms with E-state index in [1.165, 1.54) is 0 Å². The first kappa shape index (κ1) is 20.8. The second-order valence-electron chi connectivity index (χ2n) is 7.67. The van der Waals surface area contributed by atoms with Crippen molar-refractivity contribution < 1.29 is 22.7 Å². The fourth-order valence-corrected chi connectivity index (χ4v) is 3.63. The van der Waals surface area contributed by atoms with Crippen LogP contribution >= 0.6 is 11.6 Å². The van der Waals surface area contributed by atoms with Crippen LogP contribution < -0.4 is 0 Å². The van der Waals surface area contributed by atoms with Gasteiger partial charge in [-0.05, 0) is 34.9 Å². The van der Waals surface area contributed by atoms with Gasteiger partial charge in [-0.1, -0.05) is 57.5 Å². The van der Waals surface area contributed by atoms with Crippen molar-refractivity contribution in [3.8, 4) is 0 Å². The van der Waals surface area contributed by atoms with Crippen molar-refractivity contribution in [1.29, 1.82) is 0 Å². The Hall–Kier alpha value is -1.49. The molecule has 0 heterocycles. The number of carbonyl (C=O) groups is 1. The molecule has 1 aromatic carbocycles. The Morgan fingerprint density at radius 1 is 1.27 bits per heavy atom. The first-order chi connectivity index (χ1) is 12.0. The number of alkyl halides is 2. The van der Waals surface area contributed by atoms with Crippen LogP contribution in [-0.2, 0) is 16.1 Å². The van der Waals surface area contributed by atoms with Crippen LogP contribution in [0.3, 0.4) is 0 Å². The smallest absolute Gasteiger partial charge is 0.310 e. The summed E-state index contributed by atoms with van der Waals surface area (Å²) in [5, 5.41) is 0. The molecule has 3 unspecified atom stereocenters. The Kier molecular flexibility index (Phi) is 6.11. The summed E-state index contributed by atoms with van der Waals surface area (Å²) < 4.78 is 45.7. The SMILES string of the molecule is Cc1c(COC(=O)C2C(/C(F)=C(\F)C(F)Cl)C2(C)C)cccc1C(C)C. The number of esters is 1. The van der Waals surface area contributed by atoms with Gasteiger partial charge in [-0.2, -0.15) is 0 Å². The lowest BCUT2D eigenvalue weighted by Gasteiger charge is -2.14. The van der Waals surface area contributed by atoms with Gasteiger partial charge in [0.25, 0.3) is 0 Å². The molecule has 1 aliphatic rings. The van der Waals surface area contributed by atoms with Crippen molar-refractivity contribution in [2.75, 3.05) is 0 Å². The van der Waals surface area contributed by atoms with Gasteiger partial charge < -0.3 is 4.74 Å². The number of carbonyl (C=O) groups excluding carboxylic acids is 1. The molecule has 26 heavy (non-hydrogen) atoms. The monoisotopic (exact) mass is 388 g/mol.